The molecular weight excluding hydrogens is 350 g/mol. The van der Waals surface area contributed by atoms with Gasteiger partial charge in [0.25, 0.3) is 0 Å². The lowest BCUT2D eigenvalue weighted by Crippen LogP contribution is -2.04. The number of aliphatic imine (C=N–C) groups is 1. The monoisotopic (exact) mass is 367 g/mol. The van der Waals surface area contributed by atoms with Crippen LogP contribution >= 0.6 is 11.6 Å². The molecule has 1 aliphatic carbocycles. The lowest BCUT2D eigenvalue weighted by Gasteiger charge is -2.19. The Morgan fingerprint density at radius 1 is 0.704 bits per heavy atom. The van der Waals surface area contributed by atoms with E-state index in [4.69, 9.17) is 16.6 Å². The van der Waals surface area contributed by atoms with E-state index < -0.39 is 0 Å². The Bertz CT molecular complexity index is 1230. The highest BCUT2D eigenvalue weighted by Crippen LogP contribution is 2.37. The van der Waals surface area contributed by atoms with E-state index in [2.05, 4.69) is 72.8 Å². The van der Waals surface area contributed by atoms with E-state index in [0.717, 1.165) is 40.1 Å². The van der Waals surface area contributed by atoms with Crippen molar-refractivity contribution in [2.45, 2.75) is 12.8 Å². The molecule has 0 heterocycles. The van der Waals surface area contributed by atoms with Crippen molar-refractivity contribution in [3.8, 4) is 0 Å². The normalized spacial score (nSPS) is 14.3. The summed E-state index contributed by atoms with van der Waals surface area (Å²) in [5.41, 5.74) is 4.57. The zero-order valence-electron chi connectivity index (χ0n) is 14.8. The second kappa shape index (κ2) is 6.68. The van der Waals surface area contributed by atoms with E-state index in [9.17, 15) is 0 Å². The molecule has 0 saturated heterocycles. The number of rotatable bonds is 2. The Morgan fingerprint density at radius 3 is 2.26 bits per heavy atom. The third-order valence-electron chi connectivity index (χ3n) is 5.33. The molecule has 0 aromatic heterocycles. The maximum atomic E-state index is 6.79. The first-order valence-electron chi connectivity index (χ1n) is 9.23. The van der Waals surface area contributed by atoms with Gasteiger partial charge in [-0.05, 0) is 51.8 Å². The minimum atomic E-state index is 0.825. The average molecular weight is 368 g/mol. The third-order valence-corrected chi connectivity index (χ3v) is 5.78. The van der Waals surface area contributed by atoms with Crippen LogP contribution in [0.5, 0.6) is 0 Å². The molecule has 130 valence electrons. The van der Waals surface area contributed by atoms with E-state index in [1.165, 1.54) is 21.7 Å². The van der Waals surface area contributed by atoms with Crippen molar-refractivity contribution in [2.24, 2.45) is 4.99 Å². The molecule has 0 N–H and O–H groups in total. The second-order valence-electron chi connectivity index (χ2n) is 6.91. The van der Waals surface area contributed by atoms with Crippen molar-refractivity contribution in [3.63, 3.8) is 0 Å². The molecule has 0 aliphatic heterocycles. The molecule has 5 rings (SSSR count). The minimum Gasteiger partial charge on any atom is -0.256 e. The van der Waals surface area contributed by atoms with E-state index in [0.29, 0.717) is 0 Å². The van der Waals surface area contributed by atoms with Crippen molar-refractivity contribution < 1.29 is 0 Å². The number of aryl methyl sites for hydroxylation is 1. The zero-order valence-corrected chi connectivity index (χ0v) is 15.6. The first-order chi connectivity index (χ1) is 13.3. The number of benzene rings is 4. The van der Waals surface area contributed by atoms with Crippen LogP contribution in [0.3, 0.4) is 0 Å². The lowest BCUT2D eigenvalue weighted by atomic mass is 9.88. The Morgan fingerprint density at radius 2 is 1.41 bits per heavy atom. The molecule has 0 amide bonds. The van der Waals surface area contributed by atoms with Gasteiger partial charge in [0.1, 0.15) is 0 Å². The van der Waals surface area contributed by atoms with E-state index in [1.807, 2.05) is 12.3 Å². The smallest absolute Gasteiger partial charge is 0.0708 e. The Balaban J connectivity index is 1.58. The predicted molar refractivity (Wildman–Crippen MR) is 117 cm³/mol. The number of nitrogens with zero attached hydrogens (tertiary/aromatic N) is 1. The summed E-state index contributed by atoms with van der Waals surface area (Å²) in [6.07, 6.45) is 3.85. The quantitative estimate of drug-likeness (QED) is 0.330. The summed E-state index contributed by atoms with van der Waals surface area (Å²) in [7, 11) is 0. The van der Waals surface area contributed by atoms with Gasteiger partial charge in [0.2, 0.25) is 0 Å². The standard InChI is InChI=1S/C25H18ClN/c26-25-19(16-27-24-11-5-8-17-6-2-4-10-21(17)24)13-14-22-20-9-3-1-7-18(20)12-15-23(22)25/h1-12,15-16H,13-14H2. The minimum absolute atomic E-state index is 0.825. The van der Waals surface area contributed by atoms with Gasteiger partial charge in [0, 0.05) is 11.6 Å². The summed E-state index contributed by atoms with van der Waals surface area (Å²) in [6.45, 7) is 0. The largest absolute Gasteiger partial charge is 0.256 e. The average Bonchev–Trinajstić information content (AvgIpc) is 2.73. The Labute approximate surface area is 163 Å². The fourth-order valence-corrected chi connectivity index (χ4v) is 4.26. The second-order valence-corrected chi connectivity index (χ2v) is 7.29. The molecule has 4 aromatic carbocycles. The third kappa shape index (κ3) is 2.85. The van der Waals surface area contributed by atoms with E-state index in [1.54, 1.807) is 0 Å². The fourth-order valence-electron chi connectivity index (χ4n) is 3.94. The highest BCUT2D eigenvalue weighted by atomic mass is 35.5. The van der Waals surface area contributed by atoms with Crippen molar-refractivity contribution >= 4 is 50.1 Å². The molecule has 1 nitrogen and oxygen atoms in total. The van der Waals surface area contributed by atoms with Gasteiger partial charge in [-0.1, -0.05) is 84.4 Å². The number of allylic oxidation sites excluding steroid dienone is 1. The highest BCUT2D eigenvalue weighted by molar-refractivity contribution is 6.51. The molecule has 2 heteroatoms. The molecule has 4 aromatic rings. The van der Waals surface area contributed by atoms with Crippen LogP contribution in [-0.2, 0) is 6.42 Å². The molecule has 0 fully saturated rings. The summed E-state index contributed by atoms with van der Waals surface area (Å²) in [5, 5.41) is 5.76. The van der Waals surface area contributed by atoms with Gasteiger partial charge in [0.15, 0.2) is 0 Å². The number of hydrogen-bond acceptors (Lipinski definition) is 1. The van der Waals surface area contributed by atoms with E-state index in [-0.39, 0.29) is 0 Å². The van der Waals surface area contributed by atoms with Crippen molar-refractivity contribution in [1.29, 1.82) is 0 Å². The summed E-state index contributed by atoms with van der Waals surface area (Å²) >= 11 is 6.79. The number of hydrogen-bond donors (Lipinski definition) is 0. The van der Waals surface area contributed by atoms with Gasteiger partial charge in [-0.15, -0.1) is 0 Å². The maximum Gasteiger partial charge on any atom is 0.0708 e. The van der Waals surface area contributed by atoms with Crippen LogP contribution in [0, 0.1) is 0 Å². The van der Waals surface area contributed by atoms with Crippen LogP contribution in [0.15, 0.2) is 89.4 Å². The van der Waals surface area contributed by atoms with Crippen molar-refractivity contribution in [3.05, 3.63) is 95.6 Å². The van der Waals surface area contributed by atoms with Crippen molar-refractivity contribution in [2.75, 3.05) is 0 Å². The molecule has 0 bridgehead atoms. The number of fused-ring (bicyclic) bond motifs is 4. The van der Waals surface area contributed by atoms with Crippen LogP contribution in [0.2, 0.25) is 0 Å². The lowest BCUT2D eigenvalue weighted by molar-refractivity contribution is 0.972. The van der Waals surface area contributed by atoms with Crippen LogP contribution < -0.4 is 0 Å². The van der Waals surface area contributed by atoms with Crippen LogP contribution in [0.25, 0.3) is 26.6 Å². The van der Waals surface area contributed by atoms with Gasteiger partial charge < -0.3 is 0 Å². The molecule has 0 atom stereocenters. The molecule has 0 unspecified atom stereocenters. The maximum absolute atomic E-state index is 6.79. The Kier molecular flexibility index (Phi) is 4.03. The van der Waals surface area contributed by atoms with Gasteiger partial charge in [0.05, 0.1) is 10.7 Å². The molecule has 0 radical (unpaired) electrons. The SMILES string of the molecule is ClC1=C(C=Nc2cccc3ccccc23)CCc2c1ccc1ccccc21. The van der Waals surface area contributed by atoms with E-state index >= 15 is 0 Å². The molecule has 0 spiro atoms. The summed E-state index contributed by atoms with van der Waals surface area (Å²) < 4.78 is 0. The molecule has 0 saturated carbocycles. The first kappa shape index (κ1) is 16.3. The molecular formula is C25H18ClN. The zero-order chi connectivity index (χ0) is 18.2. The number of halogens is 1. The summed E-state index contributed by atoms with van der Waals surface area (Å²) in [5.74, 6) is 0. The molecule has 1 aliphatic rings. The molecule has 27 heavy (non-hydrogen) atoms. The van der Waals surface area contributed by atoms with Crippen LogP contribution in [0.1, 0.15) is 17.5 Å². The van der Waals surface area contributed by atoms with Gasteiger partial charge >= 0.3 is 0 Å². The summed E-state index contributed by atoms with van der Waals surface area (Å²) in [4.78, 5) is 4.78. The van der Waals surface area contributed by atoms with Gasteiger partial charge in [-0.25, -0.2) is 0 Å². The summed E-state index contributed by atoms with van der Waals surface area (Å²) in [6, 6.07) is 27.4. The highest BCUT2D eigenvalue weighted by Gasteiger charge is 2.18. The van der Waals surface area contributed by atoms with Gasteiger partial charge in [-0.2, -0.15) is 0 Å². The van der Waals surface area contributed by atoms with Crippen molar-refractivity contribution in [1.82, 2.24) is 0 Å². The fraction of sp³-hybridized carbons (Fsp3) is 0.0800. The van der Waals surface area contributed by atoms with Crippen LogP contribution in [-0.4, -0.2) is 6.21 Å². The first-order valence-corrected chi connectivity index (χ1v) is 9.60. The van der Waals surface area contributed by atoms with Gasteiger partial charge in [-0.3, -0.25) is 4.99 Å². The Hall–Kier alpha value is -2.90. The topological polar surface area (TPSA) is 12.4 Å². The van der Waals surface area contributed by atoms with Crippen LogP contribution in [0.4, 0.5) is 5.69 Å². The predicted octanol–water partition coefficient (Wildman–Crippen LogP) is 7.29.